The Kier molecular flexibility index (Phi) is 6.02. The normalized spacial score (nSPS) is 11.5. The van der Waals surface area contributed by atoms with Gasteiger partial charge in [0.15, 0.2) is 0 Å². The topological polar surface area (TPSA) is 35.5 Å². The zero-order valence-corrected chi connectivity index (χ0v) is 11.4. The maximum absolute atomic E-state index is 12.1. The third-order valence-electron chi connectivity index (χ3n) is 3.11. The van der Waals surface area contributed by atoms with E-state index in [0.29, 0.717) is 26.4 Å². The summed E-state index contributed by atoms with van der Waals surface area (Å²) in [7, 11) is 0. The number of ether oxygens (including phenoxy) is 2. The molecule has 1 aromatic carbocycles. The van der Waals surface area contributed by atoms with Crippen molar-refractivity contribution < 1.29 is 14.3 Å². The molecule has 0 heterocycles. The minimum absolute atomic E-state index is 0.0793. The van der Waals surface area contributed by atoms with Gasteiger partial charge in [-0.1, -0.05) is 30.3 Å². The summed E-state index contributed by atoms with van der Waals surface area (Å²) in [5.41, 5.74) is 0.271. The van der Waals surface area contributed by atoms with Gasteiger partial charge in [0.1, 0.15) is 11.2 Å². The van der Waals surface area contributed by atoms with Crippen molar-refractivity contribution in [1.29, 1.82) is 0 Å². The summed E-state index contributed by atoms with van der Waals surface area (Å²) in [4.78, 5) is 12.1. The molecule has 0 radical (unpaired) electrons. The first kappa shape index (κ1) is 14.9. The predicted octanol–water partition coefficient (Wildman–Crippen LogP) is 2.59. The number of carbonyl (C=O) groups excluding carboxylic acids is 1. The van der Waals surface area contributed by atoms with Crippen LogP contribution in [0, 0.1) is 0 Å². The molecule has 1 aromatic rings. The van der Waals surface area contributed by atoms with E-state index in [9.17, 15) is 4.79 Å². The highest BCUT2D eigenvalue weighted by atomic mass is 16.5. The van der Waals surface area contributed by atoms with Crippen LogP contribution in [0.25, 0.3) is 0 Å². The van der Waals surface area contributed by atoms with Gasteiger partial charge in [0, 0.05) is 13.2 Å². The van der Waals surface area contributed by atoms with Gasteiger partial charge in [0.25, 0.3) is 0 Å². The Labute approximate surface area is 109 Å². The van der Waals surface area contributed by atoms with E-state index >= 15 is 0 Å². The van der Waals surface area contributed by atoms with Gasteiger partial charge in [-0.2, -0.15) is 0 Å². The number of hydrogen-bond donors (Lipinski definition) is 0. The zero-order valence-electron chi connectivity index (χ0n) is 11.4. The molecule has 3 heteroatoms. The van der Waals surface area contributed by atoms with Gasteiger partial charge in [-0.3, -0.25) is 4.79 Å². The quantitative estimate of drug-likeness (QED) is 0.711. The Hall–Kier alpha value is -1.19. The number of Topliss-reactive ketones (excluding diaryl/α,β-unsaturated/α-hetero) is 1. The second kappa shape index (κ2) is 7.29. The molecule has 0 unspecified atom stereocenters. The maximum atomic E-state index is 12.1. The van der Waals surface area contributed by atoms with E-state index in [1.807, 2.05) is 44.2 Å². The summed E-state index contributed by atoms with van der Waals surface area (Å²) in [6.45, 7) is 7.37. The van der Waals surface area contributed by atoms with Crippen LogP contribution in [0.3, 0.4) is 0 Å². The van der Waals surface area contributed by atoms with Crippen molar-refractivity contribution in [3.63, 3.8) is 0 Å². The molecule has 0 N–H and O–H groups in total. The van der Waals surface area contributed by atoms with E-state index in [1.54, 1.807) is 6.92 Å². The van der Waals surface area contributed by atoms with Crippen molar-refractivity contribution in [3.05, 3.63) is 35.9 Å². The van der Waals surface area contributed by atoms with Gasteiger partial charge in [0.05, 0.1) is 13.2 Å². The molecule has 0 fully saturated rings. The minimum atomic E-state index is -0.687. The van der Waals surface area contributed by atoms with E-state index in [-0.39, 0.29) is 5.78 Å². The second-order valence-electron chi connectivity index (χ2n) is 4.28. The van der Waals surface area contributed by atoms with E-state index in [1.165, 1.54) is 0 Å². The van der Waals surface area contributed by atoms with Crippen LogP contribution in [0.5, 0.6) is 0 Å². The first-order valence-electron chi connectivity index (χ1n) is 6.39. The highest BCUT2D eigenvalue weighted by molar-refractivity contribution is 5.88. The van der Waals surface area contributed by atoms with Gasteiger partial charge in [0.2, 0.25) is 0 Å². The first-order chi connectivity index (χ1) is 8.67. The summed E-state index contributed by atoms with van der Waals surface area (Å²) in [6.07, 6.45) is 0. The van der Waals surface area contributed by atoms with Crippen LogP contribution in [-0.2, 0) is 19.7 Å². The van der Waals surface area contributed by atoms with Gasteiger partial charge >= 0.3 is 0 Å². The van der Waals surface area contributed by atoms with Crippen LogP contribution in [0.4, 0.5) is 0 Å². The molecule has 0 aliphatic carbocycles. The molecule has 0 saturated carbocycles. The molecule has 3 nitrogen and oxygen atoms in total. The Morgan fingerprint density at radius 1 is 1.06 bits per heavy atom. The van der Waals surface area contributed by atoms with Gasteiger partial charge in [-0.15, -0.1) is 0 Å². The van der Waals surface area contributed by atoms with Crippen molar-refractivity contribution in [2.75, 3.05) is 26.4 Å². The van der Waals surface area contributed by atoms with Gasteiger partial charge < -0.3 is 9.47 Å². The SMILES string of the molecule is CCOCC(COCC)(C(C)=O)c1ccccc1. The van der Waals surface area contributed by atoms with Gasteiger partial charge in [-0.05, 0) is 26.3 Å². The molecule has 18 heavy (non-hydrogen) atoms. The largest absolute Gasteiger partial charge is 0.380 e. The number of carbonyl (C=O) groups is 1. The lowest BCUT2D eigenvalue weighted by Gasteiger charge is -2.31. The molecular formula is C15H22O3. The lowest BCUT2D eigenvalue weighted by Crippen LogP contribution is -2.43. The van der Waals surface area contributed by atoms with E-state index in [4.69, 9.17) is 9.47 Å². The summed E-state index contributed by atoms with van der Waals surface area (Å²) < 4.78 is 11.0. The van der Waals surface area contributed by atoms with Crippen LogP contribution < -0.4 is 0 Å². The van der Waals surface area contributed by atoms with Crippen LogP contribution in [-0.4, -0.2) is 32.2 Å². The van der Waals surface area contributed by atoms with Crippen molar-refractivity contribution in [2.45, 2.75) is 26.2 Å². The smallest absolute Gasteiger partial charge is 0.145 e. The molecule has 0 aromatic heterocycles. The number of hydrogen-bond acceptors (Lipinski definition) is 3. The summed E-state index contributed by atoms with van der Waals surface area (Å²) in [6, 6.07) is 9.73. The molecule has 0 saturated heterocycles. The summed E-state index contributed by atoms with van der Waals surface area (Å²) >= 11 is 0. The maximum Gasteiger partial charge on any atom is 0.145 e. The number of rotatable bonds is 8. The third-order valence-corrected chi connectivity index (χ3v) is 3.11. The molecule has 0 atom stereocenters. The fourth-order valence-electron chi connectivity index (χ4n) is 1.92. The van der Waals surface area contributed by atoms with Crippen molar-refractivity contribution >= 4 is 5.78 Å². The lowest BCUT2D eigenvalue weighted by molar-refractivity contribution is -0.127. The average Bonchev–Trinajstić information content (AvgIpc) is 2.40. The van der Waals surface area contributed by atoms with E-state index < -0.39 is 5.41 Å². The highest BCUT2D eigenvalue weighted by Gasteiger charge is 2.38. The molecular weight excluding hydrogens is 228 g/mol. The Balaban J connectivity index is 3.07. The van der Waals surface area contributed by atoms with Crippen LogP contribution in [0.2, 0.25) is 0 Å². The average molecular weight is 250 g/mol. The Morgan fingerprint density at radius 3 is 1.94 bits per heavy atom. The van der Waals surface area contributed by atoms with E-state index in [2.05, 4.69) is 0 Å². The number of benzene rings is 1. The zero-order chi connectivity index (χ0) is 13.4. The minimum Gasteiger partial charge on any atom is -0.380 e. The summed E-state index contributed by atoms with van der Waals surface area (Å²) in [5, 5.41) is 0. The Morgan fingerprint density at radius 2 is 1.56 bits per heavy atom. The molecule has 0 spiro atoms. The molecule has 0 aliphatic rings. The monoisotopic (exact) mass is 250 g/mol. The molecule has 0 aliphatic heterocycles. The fourth-order valence-corrected chi connectivity index (χ4v) is 1.92. The standard InChI is InChI=1S/C15H22O3/c1-4-17-11-15(13(3)16,12-18-5-2)14-9-7-6-8-10-14/h6-10H,4-5,11-12H2,1-3H3. The number of ketones is 1. The lowest BCUT2D eigenvalue weighted by atomic mass is 9.78. The van der Waals surface area contributed by atoms with Crippen molar-refractivity contribution in [3.8, 4) is 0 Å². The van der Waals surface area contributed by atoms with Crippen LogP contribution in [0.1, 0.15) is 26.3 Å². The van der Waals surface area contributed by atoms with Crippen molar-refractivity contribution in [1.82, 2.24) is 0 Å². The molecule has 0 bridgehead atoms. The molecule has 100 valence electrons. The van der Waals surface area contributed by atoms with Crippen LogP contribution in [0.15, 0.2) is 30.3 Å². The first-order valence-corrected chi connectivity index (χ1v) is 6.39. The summed E-state index contributed by atoms with van der Waals surface area (Å²) in [5.74, 6) is 0.0793. The van der Waals surface area contributed by atoms with E-state index in [0.717, 1.165) is 5.56 Å². The van der Waals surface area contributed by atoms with Crippen LogP contribution >= 0.6 is 0 Å². The van der Waals surface area contributed by atoms with Gasteiger partial charge in [-0.25, -0.2) is 0 Å². The fraction of sp³-hybridized carbons (Fsp3) is 0.533. The second-order valence-corrected chi connectivity index (χ2v) is 4.28. The van der Waals surface area contributed by atoms with Crippen molar-refractivity contribution in [2.24, 2.45) is 0 Å². The predicted molar refractivity (Wildman–Crippen MR) is 71.8 cm³/mol. The highest BCUT2D eigenvalue weighted by Crippen LogP contribution is 2.26. The third kappa shape index (κ3) is 3.40. The molecule has 1 rings (SSSR count). The molecule has 0 amide bonds. The Bertz CT molecular complexity index is 351.